The number of urea groups is 1. The van der Waals surface area contributed by atoms with Gasteiger partial charge >= 0.3 is 6.03 Å². The van der Waals surface area contributed by atoms with Gasteiger partial charge in [-0.15, -0.1) is 0 Å². The Kier molecular flexibility index (Phi) is 13.6. The topological polar surface area (TPSA) is 209 Å². The number of nitrogens with two attached hydrogens (primary N) is 1. The molecule has 0 fully saturated rings. The van der Waals surface area contributed by atoms with Gasteiger partial charge in [-0.25, -0.2) is 4.79 Å². The molecule has 1 rings (SSSR count). The molecule has 0 bridgehead atoms. The minimum Gasteiger partial charge on any atom is -0.355 e. The summed E-state index contributed by atoms with van der Waals surface area (Å²) in [7, 11) is 1.32. The Morgan fingerprint density at radius 1 is 0.946 bits per heavy atom. The molecule has 0 aromatic rings. The van der Waals surface area contributed by atoms with Crippen molar-refractivity contribution in [1.82, 2.24) is 31.5 Å². The molecule has 0 aliphatic carbocycles. The number of nitrogens with zero attached hydrogens (tertiary/aromatic N) is 1. The summed E-state index contributed by atoms with van der Waals surface area (Å²) < 4.78 is 0. The maximum absolute atomic E-state index is 12.9. The Balaban J connectivity index is 2.55. The highest BCUT2D eigenvalue weighted by Gasteiger charge is 2.27. The van der Waals surface area contributed by atoms with Crippen molar-refractivity contribution < 1.29 is 33.6 Å². The lowest BCUT2D eigenvalue weighted by Gasteiger charge is -2.25. The highest BCUT2D eigenvalue weighted by molar-refractivity contribution is 6.58. The van der Waals surface area contributed by atoms with Crippen molar-refractivity contribution in [3.63, 3.8) is 0 Å². The number of carbonyl (C=O) groups is 7. The lowest BCUT2D eigenvalue weighted by atomic mass is 10.0. The van der Waals surface area contributed by atoms with Crippen LogP contribution in [0.25, 0.3) is 0 Å². The van der Waals surface area contributed by atoms with Gasteiger partial charge in [0.15, 0.2) is 7.85 Å². The smallest absolute Gasteiger partial charge is 0.312 e. The van der Waals surface area contributed by atoms with Crippen molar-refractivity contribution in [3.05, 3.63) is 12.2 Å². The summed E-state index contributed by atoms with van der Waals surface area (Å²) in [6.07, 6.45) is 2.81. The van der Waals surface area contributed by atoms with E-state index >= 15 is 0 Å². The Hall–Kier alpha value is -3.75. The van der Waals surface area contributed by atoms with Crippen LogP contribution in [-0.2, 0) is 28.8 Å². The standard InChI is InChI=1S/C22H36BN7O7/c1-13(2)19(26-10-9-25-16(32)7-11-30-17(33)5-6-18(30)34)21(36)29-14(4-3-8-27-22(24)37)20(35)28-12-15(23)31/h5-6,13-14,19,26H,3-4,7-12,23H2,1-2H3,(H,25,32)(H,28,35)(H,29,36)(H3,24,27,37)/t14-,19?/m0/s1. The van der Waals surface area contributed by atoms with Crippen molar-refractivity contribution in [2.24, 2.45) is 11.7 Å². The zero-order chi connectivity index (χ0) is 28.0. The summed E-state index contributed by atoms with van der Waals surface area (Å²) in [4.78, 5) is 83.6. The molecule has 0 aromatic heterocycles. The van der Waals surface area contributed by atoms with Gasteiger partial charge in [0.05, 0.1) is 12.6 Å². The van der Waals surface area contributed by atoms with Crippen LogP contribution in [-0.4, -0.2) is 98.8 Å². The van der Waals surface area contributed by atoms with E-state index in [9.17, 15) is 33.6 Å². The third kappa shape index (κ3) is 12.2. The molecule has 15 heteroatoms. The molecule has 7 N–H and O–H groups in total. The average Bonchev–Trinajstić information content (AvgIpc) is 3.14. The number of nitrogens with one attached hydrogen (secondary N) is 5. The number of hydrogen-bond donors (Lipinski definition) is 6. The van der Waals surface area contributed by atoms with Gasteiger partial charge in [0, 0.05) is 44.8 Å². The lowest BCUT2D eigenvalue weighted by Crippen LogP contribution is -2.55. The summed E-state index contributed by atoms with van der Waals surface area (Å²) >= 11 is 0. The van der Waals surface area contributed by atoms with E-state index in [2.05, 4.69) is 26.6 Å². The number of amides is 7. The average molecular weight is 521 g/mol. The third-order valence-corrected chi connectivity index (χ3v) is 5.34. The van der Waals surface area contributed by atoms with E-state index < -0.39 is 41.7 Å². The Morgan fingerprint density at radius 2 is 1.59 bits per heavy atom. The van der Waals surface area contributed by atoms with E-state index in [0.29, 0.717) is 6.42 Å². The minimum atomic E-state index is -0.935. The number of hydrogen-bond acceptors (Lipinski definition) is 8. The Morgan fingerprint density at radius 3 is 2.16 bits per heavy atom. The van der Waals surface area contributed by atoms with E-state index in [0.717, 1.165) is 17.1 Å². The lowest BCUT2D eigenvalue weighted by molar-refractivity contribution is -0.137. The van der Waals surface area contributed by atoms with Gasteiger partial charge in [0.1, 0.15) is 11.7 Å². The largest absolute Gasteiger partial charge is 0.355 e. The fourth-order valence-corrected chi connectivity index (χ4v) is 3.40. The molecule has 0 radical (unpaired) electrons. The Labute approximate surface area is 216 Å². The zero-order valence-corrected chi connectivity index (χ0v) is 21.4. The first-order valence-electron chi connectivity index (χ1n) is 12.1. The first kappa shape index (κ1) is 31.3. The molecule has 1 aliphatic rings. The van der Waals surface area contributed by atoms with Crippen molar-refractivity contribution >= 4 is 49.1 Å². The zero-order valence-electron chi connectivity index (χ0n) is 21.4. The molecule has 1 aliphatic heterocycles. The molecule has 14 nitrogen and oxygen atoms in total. The number of primary amides is 1. The van der Waals surface area contributed by atoms with Crippen LogP contribution in [0.15, 0.2) is 12.2 Å². The van der Waals surface area contributed by atoms with Crippen molar-refractivity contribution in [1.29, 1.82) is 0 Å². The predicted octanol–water partition coefficient (Wildman–Crippen LogP) is -3.76. The van der Waals surface area contributed by atoms with Crippen LogP contribution in [0, 0.1) is 5.92 Å². The maximum atomic E-state index is 12.9. The first-order chi connectivity index (χ1) is 17.4. The summed E-state index contributed by atoms with van der Waals surface area (Å²) in [6.45, 7) is 4.08. The Bertz CT molecular complexity index is 892. The quantitative estimate of drug-likeness (QED) is 0.0635. The van der Waals surface area contributed by atoms with E-state index in [1.807, 2.05) is 13.8 Å². The summed E-state index contributed by atoms with van der Waals surface area (Å²) in [6, 6.07) is -2.32. The summed E-state index contributed by atoms with van der Waals surface area (Å²) in [5, 5.41) is 13.3. The van der Waals surface area contributed by atoms with Crippen molar-refractivity contribution in [2.75, 3.05) is 32.7 Å². The van der Waals surface area contributed by atoms with Crippen LogP contribution in [0.1, 0.15) is 33.1 Å². The number of imide groups is 1. The molecule has 7 amide bonds. The second-order valence-electron chi connectivity index (χ2n) is 8.85. The number of rotatable bonds is 17. The molecule has 0 saturated carbocycles. The number of carbonyl (C=O) groups excluding carboxylic acids is 7. The molecule has 0 spiro atoms. The molecular formula is C22H36BN7O7. The van der Waals surface area contributed by atoms with Gasteiger partial charge in [0.2, 0.25) is 17.7 Å². The molecule has 0 saturated heterocycles. The molecule has 1 unspecified atom stereocenters. The fraction of sp³-hybridized carbons (Fsp3) is 0.591. The van der Waals surface area contributed by atoms with Gasteiger partial charge in [-0.05, 0) is 18.8 Å². The van der Waals surface area contributed by atoms with E-state index in [-0.39, 0.29) is 63.1 Å². The molecule has 204 valence electrons. The van der Waals surface area contributed by atoms with Crippen molar-refractivity contribution in [3.8, 4) is 0 Å². The highest BCUT2D eigenvalue weighted by Crippen LogP contribution is 2.05. The van der Waals surface area contributed by atoms with Gasteiger partial charge in [-0.3, -0.25) is 28.9 Å². The van der Waals surface area contributed by atoms with E-state index in [1.165, 1.54) is 7.85 Å². The van der Waals surface area contributed by atoms with Gasteiger partial charge in [-0.1, -0.05) is 13.8 Å². The van der Waals surface area contributed by atoms with Gasteiger partial charge in [0.25, 0.3) is 11.8 Å². The maximum Gasteiger partial charge on any atom is 0.312 e. The van der Waals surface area contributed by atoms with E-state index in [4.69, 9.17) is 5.73 Å². The molecule has 1 heterocycles. The van der Waals surface area contributed by atoms with Crippen LogP contribution in [0.4, 0.5) is 4.79 Å². The fourth-order valence-electron chi connectivity index (χ4n) is 3.40. The summed E-state index contributed by atoms with van der Waals surface area (Å²) in [5.41, 5.74) is 4.79. The van der Waals surface area contributed by atoms with Crippen molar-refractivity contribution in [2.45, 2.75) is 45.2 Å². The van der Waals surface area contributed by atoms with Crippen LogP contribution >= 0.6 is 0 Å². The van der Waals surface area contributed by atoms with Crippen LogP contribution in [0.5, 0.6) is 0 Å². The van der Waals surface area contributed by atoms with Crippen LogP contribution < -0.4 is 32.3 Å². The monoisotopic (exact) mass is 521 g/mol. The second kappa shape index (κ2) is 16.1. The molecular weight excluding hydrogens is 485 g/mol. The van der Waals surface area contributed by atoms with E-state index in [1.54, 1.807) is 0 Å². The molecule has 0 aromatic carbocycles. The normalized spacial score (nSPS) is 14.3. The van der Waals surface area contributed by atoms with Gasteiger partial charge < -0.3 is 37.1 Å². The SMILES string of the molecule is BC(=O)CNC(=O)[C@H](CCCNC(N)=O)NC(=O)C(NCCNC(=O)CCN1C(=O)C=CC1=O)C(C)C. The van der Waals surface area contributed by atoms with Crippen LogP contribution in [0.3, 0.4) is 0 Å². The molecule has 2 atom stereocenters. The second-order valence-corrected chi connectivity index (χ2v) is 8.85. The predicted molar refractivity (Wildman–Crippen MR) is 135 cm³/mol. The first-order valence-corrected chi connectivity index (χ1v) is 12.1. The third-order valence-electron chi connectivity index (χ3n) is 5.34. The minimum absolute atomic E-state index is 0.0248. The molecule has 37 heavy (non-hydrogen) atoms. The van der Waals surface area contributed by atoms with Gasteiger partial charge in [-0.2, -0.15) is 0 Å². The summed E-state index contributed by atoms with van der Waals surface area (Å²) in [5.74, 6) is -2.39. The highest BCUT2D eigenvalue weighted by atomic mass is 16.2. The van der Waals surface area contributed by atoms with Crippen LogP contribution in [0.2, 0.25) is 0 Å².